The maximum atomic E-state index is 13.1. The molecule has 0 aliphatic rings. The molecule has 1 aromatic heterocycles. The monoisotopic (exact) mass is 397 g/mol. The molecule has 0 atom stereocenters. The number of nitrogens with zero attached hydrogens (tertiary/aromatic N) is 2. The molecule has 0 aliphatic carbocycles. The first-order chi connectivity index (χ1) is 12.8. The van der Waals surface area contributed by atoms with Crippen LogP contribution in [-0.4, -0.2) is 9.78 Å². The van der Waals surface area contributed by atoms with E-state index in [2.05, 4.69) is 10.4 Å². The highest BCUT2D eigenvalue weighted by atomic mass is 35.5. The second kappa shape index (κ2) is 7.70. The normalized spacial score (nSPS) is 11.8. The van der Waals surface area contributed by atoms with Gasteiger partial charge in [-0.05, 0) is 42.8 Å². The fourth-order valence-corrected chi connectivity index (χ4v) is 3.01. The van der Waals surface area contributed by atoms with E-state index in [1.54, 1.807) is 25.1 Å². The zero-order valence-corrected chi connectivity index (χ0v) is 15.1. The fourth-order valence-electron chi connectivity index (χ4n) is 2.68. The third-order valence-corrected chi connectivity index (χ3v) is 4.47. The van der Waals surface area contributed by atoms with Gasteiger partial charge in [0.25, 0.3) is 0 Å². The van der Waals surface area contributed by atoms with E-state index in [0.717, 1.165) is 17.7 Å². The van der Waals surface area contributed by atoms with Crippen LogP contribution in [0.3, 0.4) is 0 Å². The van der Waals surface area contributed by atoms with Crippen molar-refractivity contribution in [2.75, 3.05) is 0 Å². The van der Waals surface area contributed by atoms with Crippen molar-refractivity contribution in [3.63, 3.8) is 0 Å². The fraction of sp³-hybridized carbons (Fsp3) is 0.211. The Bertz CT molecular complexity index is 933. The number of aryl methyl sites for hydroxylation is 1. The quantitative estimate of drug-likeness (QED) is 0.593. The summed E-state index contributed by atoms with van der Waals surface area (Å²) in [6.45, 7) is 2.37. The van der Waals surface area contributed by atoms with Crippen molar-refractivity contribution in [3.8, 4) is 5.69 Å². The highest BCUT2D eigenvalue weighted by Crippen LogP contribution is 2.29. The molecule has 1 N–H and O–H groups in total. The summed E-state index contributed by atoms with van der Waals surface area (Å²) in [5.41, 5.74) is 1.87. The van der Waals surface area contributed by atoms with Crippen LogP contribution in [0, 0.1) is 12.7 Å². The number of benzene rings is 2. The highest BCUT2D eigenvalue weighted by Gasteiger charge is 2.30. The van der Waals surface area contributed by atoms with Gasteiger partial charge in [-0.15, -0.1) is 0 Å². The van der Waals surface area contributed by atoms with Gasteiger partial charge in [0.05, 0.1) is 16.9 Å². The number of alkyl halides is 3. The van der Waals surface area contributed by atoms with Crippen molar-refractivity contribution < 1.29 is 17.6 Å². The summed E-state index contributed by atoms with van der Waals surface area (Å²) in [6.07, 6.45) is -4.37. The minimum absolute atomic E-state index is 0.251. The van der Waals surface area contributed by atoms with E-state index in [-0.39, 0.29) is 12.4 Å². The molecule has 0 bridgehead atoms. The van der Waals surface area contributed by atoms with Gasteiger partial charge < -0.3 is 5.32 Å². The molecule has 3 rings (SSSR count). The Hall–Kier alpha value is -2.38. The predicted molar refractivity (Wildman–Crippen MR) is 95.3 cm³/mol. The van der Waals surface area contributed by atoms with Crippen molar-refractivity contribution in [3.05, 3.63) is 81.9 Å². The van der Waals surface area contributed by atoms with Crippen molar-refractivity contribution in [2.45, 2.75) is 26.2 Å². The molecule has 1 heterocycles. The molecule has 0 amide bonds. The zero-order chi connectivity index (χ0) is 19.6. The first kappa shape index (κ1) is 19.4. The second-order valence-corrected chi connectivity index (χ2v) is 6.40. The van der Waals surface area contributed by atoms with Gasteiger partial charge in [-0.2, -0.15) is 18.3 Å². The Morgan fingerprint density at radius 3 is 2.44 bits per heavy atom. The number of hydrogen-bond donors (Lipinski definition) is 1. The van der Waals surface area contributed by atoms with Gasteiger partial charge in [0.1, 0.15) is 11.0 Å². The van der Waals surface area contributed by atoms with Gasteiger partial charge in [0.2, 0.25) is 0 Å². The molecule has 3 aromatic rings. The van der Waals surface area contributed by atoms with Crippen molar-refractivity contribution >= 4 is 11.6 Å². The molecule has 0 unspecified atom stereocenters. The minimum atomic E-state index is -4.37. The van der Waals surface area contributed by atoms with Crippen LogP contribution in [0.4, 0.5) is 17.6 Å². The minimum Gasteiger partial charge on any atom is -0.308 e. The first-order valence-corrected chi connectivity index (χ1v) is 8.50. The lowest BCUT2D eigenvalue weighted by molar-refractivity contribution is -0.137. The maximum absolute atomic E-state index is 13.1. The zero-order valence-electron chi connectivity index (χ0n) is 14.3. The van der Waals surface area contributed by atoms with E-state index in [4.69, 9.17) is 11.6 Å². The summed E-state index contributed by atoms with van der Waals surface area (Å²) >= 11 is 6.39. The summed E-state index contributed by atoms with van der Waals surface area (Å²) in [7, 11) is 0. The topological polar surface area (TPSA) is 29.9 Å². The van der Waals surface area contributed by atoms with Crippen molar-refractivity contribution in [2.24, 2.45) is 0 Å². The molecule has 0 saturated heterocycles. The summed E-state index contributed by atoms with van der Waals surface area (Å²) in [4.78, 5) is 0. The van der Waals surface area contributed by atoms with Crippen molar-refractivity contribution in [1.82, 2.24) is 15.1 Å². The molecular weight excluding hydrogens is 382 g/mol. The second-order valence-electron chi connectivity index (χ2n) is 6.04. The maximum Gasteiger partial charge on any atom is 0.416 e. The smallest absolute Gasteiger partial charge is 0.308 e. The van der Waals surface area contributed by atoms with Gasteiger partial charge in [0, 0.05) is 18.7 Å². The number of hydrogen-bond acceptors (Lipinski definition) is 2. The van der Waals surface area contributed by atoms with Crippen LogP contribution in [0.1, 0.15) is 22.4 Å². The third kappa shape index (κ3) is 4.48. The molecule has 3 nitrogen and oxygen atoms in total. The van der Waals surface area contributed by atoms with Crippen molar-refractivity contribution in [1.29, 1.82) is 0 Å². The van der Waals surface area contributed by atoms with Gasteiger partial charge in [-0.1, -0.05) is 29.8 Å². The summed E-state index contributed by atoms with van der Waals surface area (Å²) in [6, 6.07) is 10.9. The van der Waals surface area contributed by atoms with Crippen LogP contribution >= 0.6 is 11.6 Å². The van der Waals surface area contributed by atoms with E-state index in [1.807, 2.05) is 0 Å². The van der Waals surface area contributed by atoms with Gasteiger partial charge in [-0.25, -0.2) is 9.07 Å². The summed E-state index contributed by atoms with van der Waals surface area (Å²) in [5, 5.41) is 7.81. The largest absolute Gasteiger partial charge is 0.416 e. The van der Waals surface area contributed by atoms with E-state index in [1.165, 1.54) is 22.9 Å². The number of rotatable bonds is 5. The van der Waals surface area contributed by atoms with E-state index < -0.39 is 11.7 Å². The van der Waals surface area contributed by atoms with Crippen LogP contribution in [0.25, 0.3) is 5.69 Å². The molecule has 2 aromatic carbocycles. The van der Waals surface area contributed by atoms with Crippen LogP contribution in [0.2, 0.25) is 5.15 Å². The molecule has 0 saturated carbocycles. The first-order valence-electron chi connectivity index (χ1n) is 8.12. The molecule has 142 valence electrons. The van der Waals surface area contributed by atoms with E-state index >= 15 is 0 Å². The van der Waals surface area contributed by atoms with Crippen LogP contribution in [0.5, 0.6) is 0 Å². The van der Waals surface area contributed by atoms with Gasteiger partial charge in [0.15, 0.2) is 0 Å². The lowest BCUT2D eigenvalue weighted by atomic mass is 10.1. The lowest BCUT2D eigenvalue weighted by Gasteiger charge is -2.09. The van der Waals surface area contributed by atoms with Crippen LogP contribution in [0.15, 0.2) is 48.5 Å². The third-order valence-electron chi connectivity index (χ3n) is 4.08. The molecule has 0 fully saturated rings. The molecule has 0 aliphatic heterocycles. The van der Waals surface area contributed by atoms with Gasteiger partial charge >= 0.3 is 6.18 Å². The SMILES string of the molecule is Cc1nn(-c2ccc(F)cc2)c(Cl)c1CNCc1cccc(C(F)(F)F)c1. The van der Waals surface area contributed by atoms with E-state index in [9.17, 15) is 17.6 Å². The average molecular weight is 398 g/mol. The Morgan fingerprint density at radius 2 is 1.78 bits per heavy atom. The summed E-state index contributed by atoms with van der Waals surface area (Å²) < 4.78 is 52.9. The number of aromatic nitrogens is 2. The molecule has 27 heavy (non-hydrogen) atoms. The van der Waals surface area contributed by atoms with Gasteiger partial charge in [-0.3, -0.25) is 0 Å². The number of nitrogens with one attached hydrogen (secondary N) is 1. The summed E-state index contributed by atoms with van der Waals surface area (Å²) in [5.74, 6) is -0.360. The van der Waals surface area contributed by atoms with E-state index in [0.29, 0.717) is 28.6 Å². The Labute approximate surface area is 158 Å². The molecule has 0 spiro atoms. The average Bonchev–Trinajstić information content (AvgIpc) is 2.90. The van der Waals surface area contributed by atoms with Crippen LogP contribution < -0.4 is 5.32 Å². The number of halogens is 5. The molecular formula is C19H16ClF4N3. The highest BCUT2D eigenvalue weighted by molar-refractivity contribution is 6.30. The molecule has 8 heteroatoms. The lowest BCUT2D eigenvalue weighted by Crippen LogP contribution is -2.14. The van der Waals surface area contributed by atoms with Crippen LogP contribution in [-0.2, 0) is 19.3 Å². The standard InChI is InChI=1S/C19H16ClF4N3/c1-12-17(18(20)27(26-12)16-7-5-15(21)6-8-16)11-25-10-13-3-2-4-14(9-13)19(22,23)24/h2-9,25H,10-11H2,1H3. The Kier molecular flexibility index (Phi) is 5.53. The molecule has 0 radical (unpaired) electrons. The Balaban J connectivity index is 1.71. The Morgan fingerprint density at radius 1 is 1.07 bits per heavy atom. The predicted octanol–water partition coefficient (Wildman–Crippen LogP) is 5.28.